The molecular formula is C21H19N3O3. The largest absolute Gasteiger partial charge is 0.507 e. The van der Waals surface area contributed by atoms with Crippen molar-refractivity contribution in [1.82, 2.24) is 10.7 Å². The lowest BCUT2D eigenvalue weighted by Gasteiger charge is -2.06. The van der Waals surface area contributed by atoms with Gasteiger partial charge in [0.2, 0.25) is 11.8 Å². The second-order valence-electron chi connectivity index (χ2n) is 5.95. The van der Waals surface area contributed by atoms with Crippen LogP contribution in [0.5, 0.6) is 5.75 Å². The first-order chi connectivity index (χ1) is 13.1. The topological polar surface area (TPSA) is 90.8 Å². The molecule has 0 saturated carbocycles. The number of benzene rings is 3. The van der Waals surface area contributed by atoms with Crippen molar-refractivity contribution in [2.75, 3.05) is 0 Å². The Morgan fingerprint density at radius 2 is 1.67 bits per heavy atom. The van der Waals surface area contributed by atoms with Gasteiger partial charge in [0.25, 0.3) is 0 Å². The molecule has 0 radical (unpaired) electrons. The van der Waals surface area contributed by atoms with Gasteiger partial charge in [-0.2, -0.15) is 5.10 Å². The summed E-state index contributed by atoms with van der Waals surface area (Å²) in [4.78, 5) is 23.7. The Labute approximate surface area is 156 Å². The van der Waals surface area contributed by atoms with Gasteiger partial charge in [0.15, 0.2) is 0 Å². The van der Waals surface area contributed by atoms with E-state index in [1.807, 2.05) is 54.6 Å². The van der Waals surface area contributed by atoms with Crippen LogP contribution in [-0.4, -0.2) is 23.1 Å². The molecule has 0 aromatic heterocycles. The average Bonchev–Trinajstić information content (AvgIpc) is 2.69. The highest BCUT2D eigenvalue weighted by Crippen LogP contribution is 2.25. The molecule has 0 atom stereocenters. The summed E-state index contributed by atoms with van der Waals surface area (Å²) in [6, 6.07) is 20.3. The average molecular weight is 361 g/mol. The number of hydrogen-bond donors (Lipinski definition) is 3. The molecule has 3 aromatic rings. The third kappa shape index (κ3) is 4.92. The van der Waals surface area contributed by atoms with Crippen molar-refractivity contribution in [2.24, 2.45) is 5.10 Å². The number of aromatic hydroxyl groups is 1. The minimum absolute atomic E-state index is 0.0623. The molecule has 3 rings (SSSR count). The fourth-order valence-corrected chi connectivity index (χ4v) is 2.63. The lowest BCUT2D eigenvalue weighted by atomic mass is 10.0. The monoisotopic (exact) mass is 361 g/mol. The van der Waals surface area contributed by atoms with E-state index < -0.39 is 5.91 Å². The Bertz CT molecular complexity index is 984. The summed E-state index contributed by atoms with van der Waals surface area (Å²) in [5.74, 6) is -0.858. The number of phenols is 1. The fourth-order valence-electron chi connectivity index (χ4n) is 2.63. The van der Waals surface area contributed by atoms with E-state index >= 15 is 0 Å². The molecule has 3 aromatic carbocycles. The van der Waals surface area contributed by atoms with Crippen molar-refractivity contribution in [3.63, 3.8) is 0 Å². The summed E-state index contributed by atoms with van der Waals surface area (Å²) in [5.41, 5.74) is 3.77. The van der Waals surface area contributed by atoms with Gasteiger partial charge in [-0.15, -0.1) is 0 Å². The van der Waals surface area contributed by atoms with Crippen LogP contribution in [0.25, 0.3) is 10.8 Å². The Morgan fingerprint density at radius 3 is 2.48 bits per heavy atom. The van der Waals surface area contributed by atoms with E-state index in [2.05, 4.69) is 15.8 Å². The summed E-state index contributed by atoms with van der Waals surface area (Å²) < 4.78 is 0. The van der Waals surface area contributed by atoms with Crippen LogP contribution in [0.15, 0.2) is 71.8 Å². The molecule has 0 fully saturated rings. The molecule has 6 heteroatoms. The summed E-state index contributed by atoms with van der Waals surface area (Å²) >= 11 is 0. The first-order valence-electron chi connectivity index (χ1n) is 8.47. The van der Waals surface area contributed by atoms with Gasteiger partial charge in [0, 0.05) is 12.1 Å². The highest BCUT2D eigenvalue weighted by Gasteiger charge is 2.09. The minimum Gasteiger partial charge on any atom is -0.507 e. The molecule has 0 aliphatic carbocycles. The minimum atomic E-state index is -0.531. The maximum atomic E-state index is 11.9. The Balaban J connectivity index is 1.55. The zero-order valence-corrected chi connectivity index (χ0v) is 14.6. The SMILES string of the molecule is O=C(CC(=O)N/N=C/c1c(O)ccc2ccccc12)NCc1ccccc1. The predicted molar refractivity (Wildman–Crippen MR) is 104 cm³/mol. The first-order valence-corrected chi connectivity index (χ1v) is 8.47. The van der Waals surface area contributed by atoms with Crippen LogP contribution in [0.3, 0.4) is 0 Å². The van der Waals surface area contributed by atoms with E-state index in [1.165, 1.54) is 6.21 Å². The number of rotatable bonds is 6. The second kappa shape index (κ2) is 8.62. The van der Waals surface area contributed by atoms with Crippen LogP contribution in [0.2, 0.25) is 0 Å². The molecule has 2 amide bonds. The van der Waals surface area contributed by atoms with Gasteiger partial charge >= 0.3 is 0 Å². The zero-order chi connectivity index (χ0) is 19.1. The van der Waals surface area contributed by atoms with E-state index in [0.717, 1.165) is 16.3 Å². The van der Waals surface area contributed by atoms with Gasteiger partial charge in [-0.1, -0.05) is 60.7 Å². The highest BCUT2D eigenvalue weighted by molar-refractivity contribution is 6.03. The normalized spacial score (nSPS) is 10.8. The summed E-state index contributed by atoms with van der Waals surface area (Å²) in [7, 11) is 0. The van der Waals surface area contributed by atoms with Gasteiger partial charge in [-0.25, -0.2) is 5.43 Å². The standard InChI is InChI=1S/C21H19N3O3/c25-19-11-10-16-8-4-5-9-17(16)18(19)14-23-24-21(27)12-20(26)22-13-15-6-2-1-3-7-15/h1-11,14,25H,12-13H2,(H,22,26)(H,24,27)/b23-14+. The maximum Gasteiger partial charge on any atom is 0.249 e. The highest BCUT2D eigenvalue weighted by atomic mass is 16.3. The molecule has 6 nitrogen and oxygen atoms in total. The molecule has 0 spiro atoms. The summed E-state index contributed by atoms with van der Waals surface area (Å²) in [6.45, 7) is 0.361. The van der Waals surface area contributed by atoms with Crippen LogP contribution in [0.4, 0.5) is 0 Å². The number of amides is 2. The van der Waals surface area contributed by atoms with E-state index in [4.69, 9.17) is 0 Å². The van der Waals surface area contributed by atoms with Gasteiger partial charge in [0.05, 0.1) is 6.21 Å². The zero-order valence-electron chi connectivity index (χ0n) is 14.6. The molecule has 0 bridgehead atoms. The lowest BCUT2D eigenvalue weighted by Crippen LogP contribution is -2.29. The lowest BCUT2D eigenvalue weighted by molar-refractivity contribution is -0.129. The molecule has 3 N–H and O–H groups in total. The molecule has 0 unspecified atom stereocenters. The quantitative estimate of drug-likeness (QED) is 0.358. The molecule has 136 valence electrons. The number of hydrogen-bond acceptors (Lipinski definition) is 4. The smallest absolute Gasteiger partial charge is 0.249 e. The summed E-state index contributed by atoms with van der Waals surface area (Å²) in [5, 5.41) is 18.3. The van der Waals surface area contributed by atoms with Crippen LogP contribution in [-0.2, 0) is 16.1 Å². The maximum absolute atomic E-state index is 11.9. The molecule has 0 heterocycles. The van der Waals surface area contributed by atoms with Crippen molar-refractivity contribution in [2.45, 2.75) is 13.0 Å². The molecular weight excluding hydrogens is 342 g/mol. The van der Waals surface area contributed by atoms with Gasteiger partial charge in [0.1, 0.15) is 12.2 Å². The van der Waals surface area contributed by atoms with Crippen LogP contribution >= 0.6 is 0 Å². The number of carbonyl (C=O) groups is 2. The van der Waals surface area contributed by atoms with Crippen molar-refractivity contribution in [3.8, 4) is 5.75 Å². The van der Waals surface area contributed by atoms with E-state index in [9.17, 15) is 14.7 Å². The van der Waals surface area contributed by atoms with Crippen LogP contribution < -0.4 is 10.7 Å². The fraction of sp³-hybridized carbons (Fsp3) is 0.0952. The number of nitrogens with one attached hydrogen (secondary N) is 2. The number of carbonyl (C=O) groups excluding carboxylic acids is 2. The van der Waals surface area contributed by atoms with Crippen LogP contribution in [0, 0.1) is 0 Å². The van der Waals surface area contributed by atoms with Gasteiger partial charge in [-0.05, 0) is 22.4 Å². The number of hydrazone groups is 1. The van der Waals surface area contributed by atoms with E-state index in [1.54, 1.807) is 12.1 Å². The van der Waals surface area contributed by atoms with Crippen molar-refractivity contribution in [3.05, 3.63) is 77.9 Å². The Morgan fingerprint density at radius 1 is 0.926 bits per heavy atom. The Hall–Kier alpha value is -3.67. The van der Waals surface area contributed by atoms with Crippen molar-refractivity contribution < 1.29 is 14.7 Å². The molecule has 0 aliphatic rings. The third-order valence-electron chi connectivity index (χ3n) is 3.98. The van der Waals surface area contributed by atoms with E-state index in [-0.39, 0.29) is 18.1 Å². The molecule has 0 aliphatic heterocycles. The molecule has 0 saturated heterocycles. The van der Waals surface area contributed by atoms with E-state index in [0.29, 0.717) is 12.1 Å². The van der Waals surface area contributed by atoms with Gasteiger partial charge < -0.3 is 10.4 Å². The van der Waals surface area contributed by atoms with Gasteiger partial charge in [-0.3, -0.25) is 9.59 Å². The number of phenolic OH excluding ortho intramolecular Hbond substituents is 1. The molecule has 27 heavy (non-hydrogen) atoms. The first kappa shape index (κ1) is 18.1. The summed E-state index contributed by atoms with van der Waals surface area (Å²) in [6.07, 6.45) is 1.04. The number of nitrogens with zero attached hydrogens (tertiary/aromatic N) is 1. The van der Waals surface area contributed by atoms with Crippen LogP contribution in [0.1, 0.15) is 17.5 Å². The third-order valence-corrected chi connectivity index (χ3v) is 3.98. The van der Waals surface area contributed by atoms with Crippen molar-refractivity contribution >= 4 is 28.8 Å². The number of fused-ring (bicyclic) bond motifs is 1. The van der Waals surface area contributed by atoms with Crippen molar-refractivity contribution in [1.29, 1.82) is 0 Å². The predicted octanol–water partition coefficient (Wildman–Crippen LogP) is 2.70. The Kier molecular flexibility index (Phi) is 5.79. The second-order valence-corrected chi connectivity index (χ2v) is 5.95.